The van der Waals surface area contributed by atoms with Gasteiger partial charge in [0.25, 0.3) is 0 Å². The number of nitrogens with zero attached hydrogens (tertiary/aromatic N) is 3. The Labute approximate surface area is 134 Å². The van der Waals surface area contributed by atoms with Crippen LogP contribution in [0.4, 0.5) is 15.9 Å². The highest BCUT2D eigenvalue weighted by Gasteiger charge is 2.22. The van der Waals surface area contributed by atoms with Gasteiger partial charge in [-0.25, -0.2) is 14.4 Å². The summed E-state index contributed by atoms with van der Waals surface area (Å²) in [7, 11) is 0. The van der Waals surface area contributed by atoms with Crippen molar-refractivity contribution in [3.8, 4) is 0 Å². The maximum Gasteiger partial charge on any atom is 0.148 e. The third kappa shape index (κ3) is 3.47. The van der Waals surface area contributed by atoms with Crippen molar-refractivity contribution in [1.29, 1.82) is 0 Å². The number of anilines is 2. The fourth-order valence-corrected chi connectivity index (χ4v) is 2.86. The summed E-state index contributed by atoms with van der Waals surface area (Å²) in [6, 6.07) is 6.67. The number of aryl methyl sites for hydroxylation is 1. The molecule has 1 N–H and O–H groups in total. The molecule has 0 amide bonds. The smallest absolute Gasteiger partial charge is 0.148 e. The Morgan fingerprint density at radius 3 is 2.91 bits per heavy atom. The summed E-state index contributed by atoms with van der Waals surface area (Å²) in [6.45, 7) is 4.58. The molecule has 3 rings (SSSR count). The van der Waals surface area contributed by atoms with Crippen LogP contribution in [0.3, 0.4) is 0 Å². The van der Waals surface area contributed by atoms with Gasteiger partial charge >= 0.3 is 0 Å². The van der Waals surface area contributed by atoms with E-state index in [1.54, 1.807) is 6.20 Å². The summed E-state index contributed by atoms with van der Waals surface area (Å²) >= 11 is 6.09. The molecule has 22 heavy (non-hydrogen) atoms. The third-order valence-electron chi connectivity index (χ3n) is 3.90. The summed E-state index contributed by atoms with van der Waals surface area (Å²) in [5, 5.41) is 3.85. The summed E-state index contributed by atoms with van der Waals surface area (Å²) in [6.07, 6.45) is 2.71. The summed E-state index contributed by atoms with van der Waals surface area (Å²) in [5.74, 6) is 1.70. The van der Waals surface area contributed by atoms with Crippen molar-refractivity contribution in [1.82, 2.24) is 9.97 Å². The van der Waals surface area contributed by atoms with E-state index in [0.717, 1.165) is 31.7 Å². The van der Waals surface area contributed by atoms with Gasteiger partial charge in [-0.1, -0.05) is 11.6 Å². The van der Waals surface area contributed by atoms with E-state index in [2.05, 4.69) is 20.2 Å². The molecule has 2 aromatic rings. The fraction of sp³-hybridized carbons (Fsp3) is 0.375. The molecule has 0 aliphatic carbocycles. The van der Waals surface area contributed by atoms with Crippen LogP contribution in [0.5, 0.6) is 0 Å². The lowest BCUT2D eigenvalue weighted by molar-refractivity contribution is 0.620. The van der Waals surface area contributed by atoms with Gasteiger partial charge in [-0.05, 0) is 43.5 Å². The quantitative estimate of drug-likeness (QED) is 0.936. The van der Waals surface area contributed by atoms with Gasteiger partial charge in [-0.3, -0.25) is 0 Å². The molecule has 1 unspecified atom stereocenters. The zero-order valence-electron chi connectivity index (χ0n) is 12.4. The van der Waals surface area contributed by atoms with Crippen LogP contribution in [0, 0.1) is 18.7 Å². The molecule has 1 aliphatic heterocycles. The van der Waals surface area contributed by atoms with Gasteiger partial charge in [-0.2, -0.15) is 0 Å². The molecule has 0 saturated carbocycles. The molecule has 1 atom stereocenters. The van der Waals surface area contributed by atoms with E-state index in [-0.39, 0.29) is 5.82 Å². The van der Waals surface area contributed by atoms with Crippen molar-refractivity contribution >= 4 is 23.1 Å². The van der Waals surface area contributed by atoms with Crippen LogP contribution >= 0.6 is 11.6 Å². The van der Waals surface area contributed by atoms with Crippen molar-refractivity contribution < 1.29 is 4.39 Å². The molecule has 116 valence electrons. The Bertz CT molecular complexity index is 647. The van der Waals surface area contributed by atoms with E-state index in [1.807, 2.05) is 19.1 Å². The molecule has 2 heterocycles. The molecule has 1 aromatic carbocycles. The predicted octanol–water partition coefficient (Wildman–Crippen LogP) is 3.52. The van der Waals surface area contributed by atoms with Crippen molar-refractivity contribution in [3.63, 3.8) is 0 Å². The molecule has 0 spiro atoms. The monoisotopic (exact) mass is 320 g/mol. The van der Waals surface area contributed by atoms with E-state index in [1.165, 1.54) is 12.1 Å². The fourth-order valence-electron chi connectivity index (χ4n) is 2.71. The summed E-state index contributed by atoms with van der Waals surface area (Å²) < 4.78 is 13.0. The van der Waals surface area contributed by atoms with Crippen LogP contribution in [0.15, 0.2) is 30.5 Å². The van der Waals surface area contributed by atoms with Crippen LogP contribution < -0.4 is 10.2 Å². The third-order valence-corrected chi connectivity index (χ3v) is 4.18. The minimum atomic E-state index is -0.199. The molecule has 1 fully saturated rings. The van der Waals surface area contributed by atoms with E-state index >= 15 is 0 Å². The second-order valence-corrected chi connectivity index (χ2v) is 5.98. The minimum absolute atomic E-state index is 0.199. The van der Waals surface area contributed by atoms with E-state index in [0.29, 0.717) is 22.6 Å². The van der Waals surface area contributed by atoms with Crippen LogP contribution in [0.25, 0.3) is 0 Å². The second-order valence-electron chi connectivity index (χ2n) is 5.57. The maximum atomic E-state index is 13.0. The van der Waals surface area contributed by atoms with Crippen molar-refractivity contribution in [2.24, 2.45) is 5.92 Å². The number of aromatic nitrogens is 2. The Morgan fingerprint density at radius 2 is 2.14 bits per heavy atom. The average molecular weight is 321 g/mol. The van der Waals surface area contributed by atoms with Crippen LogP contribution in [-0.4, -0.2) is 29.6 Å². The summed E-state index contributed by atoms with van der Waals surface area (Å²) in [5.41, 5.74) is 1.07. The average Bonchev–Trinajstić information content (AvgIpc) is 2.98. The van der Waals surface area contributed by atoms with Crippen LogP contribution in [0.2, 0.25) is 5.02 Å². The second kappa shape index (κ2) is 6.48. The lowest BCUT2D eigenvalue weighted by Crippen LogP contribution is -2.22. The van der Waals surface area contributed by atoms with Gasteiger partial charge in [0.2, 0.25) is 0 Å². The van der Waals surface area contributed by atoms with Gasteiger partial charge in [0.05, 0.1) is 6.20 Å². The first-order chi connectivity index (χ1) is 10.6. The first kappa shape index (κ1) is 15.0. The first-order valence-corrected chi connectivity index (χ1v) is 7.73. The van der Waals surface area contributed by atoms with Crippen LogP contribution in [0.1, 0.15) is 12.2 Å². The van der Waals surface area contributed by atoms with Gasteiger partial charge in [-0.15, -0.1) is 0 Å². The summed E-state index contributed by atoms with van der Waals surface area (Å²) in [4.78, 5) is 10.6. The number of benzene rings is 1. The molecule has 0 radical (unpaired) electrons. The van der Waals surface area contributed by atoms with Gasteiger partial charge < -0.3 is 10.2 Å². The Kier molecular flexibility index (Phi) is 4.43. The lowest BCUT2D eigenvalue weighted by atomic mass is 10.1. The van der Waals surface area contributed by atoms with Gasteiger partial charge in [0.1, 0.15) is 22.5 Å². The highest BCUT2D eigenvalue weighted by Crippen LogP contribution is 2.25. The Balaban J connectivity index is 1.57. The highest BCUT2D eigenvalue weighted by molar-refractivity contribution is 6.32. The predicted molar refractivity (Wildman–Crippen MR) is 87.0 cm³/mol. The zero-order chi connectivity index (χ0) is 15.5. The van der Waals surface area contributed by atoms with Gasteiger partial charge in [0, 0.05) is 25.3 Å². The normalized spacial score (nSPS) is 17.8. The number of rotatable bonds is 4. The van der Waals surface area contributed by atoms with E-state index in [9.17, 15) is 4.39 Å². The number of halogens is 2. The Hall–Kier alpha value is -1.88. The molecular formula is C16H18ClFN4. The number of nitrogens with one attached hydrogen (secondary N) is 1. The number of hydrogen-bond donors (Lipinski definition) is 1. The Morgan fingerprint density at radius 1 is 1.36 bits per heavy atom. The highest BCUT2D eigenvalue weighted by atomic mass is 35.5. The molecule has 1 aliphatic rings. The number of hydrogen-bond acceptors (Lipinski definition) is 4. The molecule has 6 heteroatoms. The van der Waals surface area contributed by atoms with Crippen molar-refractivity contribution in [2.45, 2.75) is 13.3 Å². The SMILES string of the molecule is Cc1ncc(Cl)c(NCC2CCN(c3ccc(F)cc3)C2)n1. The van der Waals surface area contributed by atoms with Gasteiger partial charge in [0.15, 0.2) is 0 Å². The molecular weight excluding hydrogens is 303 g/mol. The topological polar surface area (TPSA) is 41.1 Å². The molecule has 4 nitrogen and oxygen atoms in total. The molecule has 1 saturated heterocycles. The van der Waals surface area contributed by atoms with E-state index < -0.39 is 0 Å². The maximum absolute atomic E-state index is 13.0. The lowest BCUT2D eigenvalue weighted by Gasteiger charge is -2.19. The van der Waals surface area contributed by atoms with Crippen molar-refractivity contribution in [2.75, 3.05) is 29.9 Å². The van der Waals surface area contributed by atoms with Crippen LogP contribution in [-0.2, 0) is 0 Å². The largest absolute Gasteiger partial charge is 0.371 e. The zero-order valence-corrected chi connectivity index (χ0v) is 13.1. The molecule has 1 aromatic heterocycles. The minimum Gasteiger partial charge on any atom is -0.371 e. The van der Waals surface area contributed by atoms with E-state index in [4.69, 9.17) is 11.6 Å². The standard InChI is InChI=1S/C16H18ClFN4/c1-11-19-9-15(17)16(21-11)20-8-12-6-7-22(10-12)14-4-2-13(18)3-5-14/h2-5,9,12H,6-8,10H2,1H3,(H,19,20,21). The molecule has 0 bridgehead atoms. The van der Waals surface area contributed by atoms with Crippen molar-refractivity contribution in [3.05, 3.63) is 47.1 Å². The first-order valence-electron chi connectivity index (χ1n) is 7.35.